The maximum Gasteiger partial charge on any atom is 0.232 e. The van der Waals surface area contributed by atoms with Gasteiger partial charge in [0, 0.05) is 13.1 Å². The van der Waals surface area contributed by atoms with Crippen LogP contribution in [0, 0.1) is 0 Å². The molecule has 0 atom stereocenters. The Labute approximate surface area is 111 Å². The van der Waals surface area contributed by atoms with Crippen LogP contribution in [0.5, 0.6) is 5.75 Å². The van der Waals surface area contributed by atoms with Gasteiger partial charge in [-0.15, -0.1) is 11.8 Å². The molecule has 1 N–H and O–H groups in total. The lowest BCUT2D eigenvalue weighted by molar-refractivity contribution is -0.127. The summed E-state index contributed by atoms with van der Waals surface area (Å²) in [4.78, 5) is 14.2. The van der Waals surface area contributed by atoms with Crippen LogP contribution in [-0.2, 0) is 4.79 Å². The average Bonchev–Trinajstić information content (AvgIpc) is 2.32. The second-order valence-corrected chi connectivity index (χ2v) is 4.87. The molecule has 94 valence electrons. The monoisotopic (exact) mass is 273 g/mol. The Morgan fingerprint density at radius 2 is 2.06 bits per heavy atom. The lowest BCUT2D eigenvalue weighted by Gasteiger charge is -2.18. The fraction of sp³-hybridized carbons (Fsp3) is 0.417. The largest absolute Gasteiger partial charge is 0.505 e. The van der Waals surface area contributed by atoms with Crippen LogP contribution in [0.2, 0.25) is 5.02 Å². The maximum absolute atomic E-state index is 11.8. The molecule has 1 rings (SSSR count). The molecule has 0 bridgehead atoms. The lowest BCUT2D eigenvalue weighted by atomic mass is 10.3. The summed E-state index contributed by atoms with van der Waals surface area (Å²) < 4.78 is 0. The van der Waals surface area contributed by atoms with Gasteiger partial charge in [0.05, 0.1) is 15.7 Å². The van der Waals surface area contributed by atoms with E-state index in [0.29, 0.717) is 28.8 Å². The first-order valence-electron chi connectivity index (χ1n) is 5.48. The second-order valence-electron chi connectivity index (χ2n) is 3.44. The number of benzene rings is 1. The fourth-order valence-electron chi connectivity index (χ4n) is 1.42. The summed E-state index contributed by atoms with van der Waals surface area (Å²) in [5, 5.41) is 10.00. The molecule has 1 amide bonds. The van der Waals surface area contributed by atoms with Crippen LogP contribution >= 0.6 is 23.4 Å². The Hall–Kier alpha value is -0.870. The highest BCUT2D eigenvalue weighted by molar-refractivity contribution is 8.00. The molecule has 0 heterocycles. The molecular formula is C12H16ClNO2S. The summed E-state index contributed by atoms with van der Waals surface area (Å²) in [5.41, 5.74) is 0. The van der Waals surface area contributed by atoms with Crippen molar-refractivity contribution < 1.29 is 9.90 Å². The van der Waals surface area contributed by atoms with Crippen LogP contribution in [0.1, 0.15) is 13.8 Å². The number of aromatic hydroxyl groups is 1. The number of phenols is 1. The topological polar surface area (TPSA) is 40.5 Å². The van der Waals surface area contributed by atoms with E-state index in [1.807, 2.05) is 13.8 Å². The Kier molecular flexibility index (Phi) is 5.65. The van der Waals surface area contributed by atoms with Gasteiger partial charge in [-0.05, 0) is 26.0 Å². The smallest absolute Gasteiger partial charge is 0.232 e. The van der Waals surface area contributed by atoms with Crippen LogP contribution in [0.3, 0.4) is 0 Å². The highest BCUT2D eigenvalue weighted by Gasteiger charge is 2.12. The Balaban J connectivity index is 2.61. The lowest BCUT2D eigenvalue weighted by Crippen LogP contribution is -2.31. The van der Waals surface area contributed by atoms with Gasteiger partial charge >= 0.3 is 0 Å². The molecule has 3 nitrogen and oxygen atoms in total. The maximum atomic E-state index is 11.8. The number of hydrogen-bond acceptors (Lipinski definition) is 3. The Bertz CT molecular complexity index is 394. The van der Waals surface area contributed by atoms with E-state index in [2.05, 4.69) is 0 Å². The number of nitrogens with zero attached hydrogens (tertiary/aromatic N) is 1. The average molecular weight is 274 g/mol. The number of amides is 1. The summed E-state index contributed by atoms with van der Waals surface area (Å²) in [6.07, 6.45) is 0. The summed E-state index contributed by atoms with van der Waals surface area (Å²) in [6.45, 7) is 5.31. The number of thioether (sulfide) groups is 1. The molecule has 0 aliphatic heterocycles. The minimum Gasteiger partial charge on any atom is -0.505 e. The summed E-state index contributed by atoms with van der Waals surface area (Å²) in [7, 11) is 0. The van der Waals surface area contributed by atoms with Crippen molar-refractivity contribution in [1.82, 2.24) is 4.90 Å². The highest BCUT2D eigenvalue weighted by Crippen LogP contribution is 2.34. The number of rotatable bonds is 5. The van der Waals surface area contributed by atoms with Crippen molar-refractivity contribution in [2.45, 2.75) is 18.7 Å². The summed E-state index contributed by atoms with van der Waals surface area (Å²) in [5.74, 6) is 0.432. The first-order chi connectivity index (χ1) is 8.10. The summed E-state index contributed by atoms with van der Waals surface area (Å²) in [6, 6.07) is 5.13. The second kappa shape index (κ2) is 6.77. The quantitative estimate of drug-likeness (QED) is 0.839. The van der Waals surface area contributed by atoms with Crippen molar-refractivity contribution in [3.8, 4) is 5.75 Å². The van der Waals surface area contributed by atoms with Gasteiger partial charge in [-0.1, -0.05) is 17.7 Å². The molecule has 5 heteroatoms. The zero-order chi connectivity index (χ0) is 12.8. The number of carbonyl (C=O) groups excluding carboxylic acids is 1. The van der Waals surface area contributed by atoms with E-state index in [9.17, 15) is 9.90 Å². The van der Waals surface area contributed by atoms with Crippen LogP contribution in [0.15, 0.2) is 23.1 Å². The Morgan fingerprint density at radius 1 is 1.41 bits per heavy atom. The molecule has 0 spiro atoms. The molecule has 0 aliphatic carbocycles. The molecule has 1 aromatic rings. The number of para-hydroxylation sites is 1. The molecular weight excluding hydrogens is 258 g/mol. The fourth-order valence-corrected chi connectivity index (χ4v) is 2.53. The van der Waals surface area contributed by atoms with Crippen molar-refractivity contribution in [3.05, 3.63) is 23.2 Å². The first-order valence-corrected chi connectivity index (χ1v) is 6.84. The minimum atomic E-state index is 0.0477. The van der Waals surface area contributed by atoms with Gasteiger partial charge < -0.3 is 10.0 Å². The van der Waals surface area contributed by atoms with Crippen LogP contribution in [-0.4, -0.2) is 34.8 Å². The van der Waals surface area contributed by atoms with E-state index in [1.54, 1.807) is 23.1 Å². The number of phenolic OH excluding ortho intramolecular Hbond substituents is 1. The molecule has 0 fully saturated rings. The predicted molar refractivity (Wildman–Crippen MR) is 71.8 cm³/mol. The van der Waals surface area contributed by atoms with Gasteiger partial charge in [0.1, 0.15) is 5.75 Å². The van der Waals surface area contributed by atoms with E-state index in [0.717, 1.165) is 0 Å². The van der Waals surface area contributed by atoms with E-state index in [-0.39, 0.29) is 11.7 Å². The van der Waals surface area contributed by atoms with Crippen LogP contribution < -0.4 is 0 Å². The first kappa shape index (κ1) is 14.2. The van der Waals surface area contributed by atoms with Gasteiger partial charge in [0.15, 0.2) is 0 Å². The van der Waals surface area contributed by atoms with E-state index in [1.165, 1.54) is 11.8 Å². The van der Waals surface area contributed by atoms with Crippen molar-refractivity contribution in [2.24, 2.45) is 0 Å². The van der Waals surface area contributed by atoms with Gasteiger partial charge in [0.2, 0.25) is 5.91 Å². The van der Waals surface area contributed by atoms with Gasteiger partial charge in [-0.2, -0.15) is 0 Å². The third-order valence-corrected chi connectivity index (χ3v) is 3.75. The SMILES string of the molecule is CCN(CC)C(=O)CSc1cccc(Cl)c1O. The molecule has 0 aliphatic rings. The van der Waals surface area contributed by atoms with Gasteiger partial charge in [-0.25, -0.2) is 0 Å². The number of carbonyl (C=O) groups is 1. The highest BCUT2D eigenvalue weighted by atomic mass is 35.5. The van der Waals surface area contributed by atoms with Gasteiger partial charge in [0.25, 0.3) is 0 Å². The third kappa shape index (κ3) is 3.82. The van der Waals surface area contributed by atoms with Crippen molar-refractivity contribution >= 4 is 29.3 Å². The molecule has 0 radical (unpaired) electrons. The van der Waals surface area contributed by atoms with Crippen LogP contribution in [0.4, 0.5) is 0 Å². The molecule has 0 saturated heterocycles. The molecule has 0 unspecified atom stereocenters. The van der Waals surface area contributed by atoms with Crippen molar-refractivity contribution in [1.29, 1.82) is 0 Å². The van der Waals surface area contributed by atoms with Crippen molar-refractivity contribution in [3.63, 3.8) is 0 Å². The predicted octanol–water partition coefficient (Wildman–Crippen LogP) is 3.01. The zero-order valence-electron chi connectivity index (χ0n) is 9.94. The molecule has 0 aromatic heterocycles. The number of halogens is 1. The van der Waals surface area contributed by atoms with E-state index in [4.69, 9.17) is 11.6 Å². The molecule has 17 heavy (non-hydrogen) atoms. The minimum absolute atomic E-state index is 0.0477. The standard InChI is InChI=1S/C12H16ClNO2S/c1-3-14(4-2)11(15)8-17-10-7-5-6-9(13)12(10)16/h5-7,16H,3-4,8H2,1-2H3. The van der Waals surface area contributed by atoms with Crippen molar-refractivity contribution in [2.75, 3.05) is 18.8 Å². The van der Waals surface area contributed by atoms with Gasteiger partial charge in [-0.3, -0.25) is 4.79 Å². The molecule has 1 aromatic carbocycles. The zero-order valence-corrected chi connectivity index (χ0v) is 11.5. The summed E-state index contributed by atoms with van der Waals surface area (Å²) >= 11 is 7.09. The third-order valence-electron chi connectivity index (χ3n) is 2.42. The van der Waals surface area contributed by atoms with E-state index >= 15 is 0 Å². The molecule has 0 saturated carbocycles. The van der Waals surface area contributed by atoms with Crippen LogP contribution in [0.25, 0.3) is 0 Å². The van der Waals surface area contributed by atoms with E-state index < -0.39 is 0 Å². The normalized spacial score (nSPS) is 10.3. The number of hydrogen-bond donors (Lipinski definition) is 1. The Morgan fingerprint density at radius 3 is 2.65 bits per heavy atom.